The van der Waals surface area contributed by atoms with E-state index in [9.17, 15) is 9.90 Å². The van der Waals surface area contributed by atoms with Crippen molar-refractivity contribution in [2.45, 2.75) is 18.1 Å². The van der Waals surface area contributed by atoms with Gasteiger partial charge in [-0.25, -0.2) is 0 Å². The molecular formula is C22H19NO2. The first kappa shape index (κ1) is 15.6. The monoisotopic (exact) mass is 329 g/mol. The van der Waals surface area contributed by atoms with Gasteiger partial charge in [0.2, 0.25) is 0 Å². The molecule has 3 aromatic rings. The van der Waals surface area contributed by atoms with E-state index >= 15 is 0 Å². The highest BCUT2D eigenvalue weighted by atomic mass is 16.3. The Morgan fingerprint density at radius 3 is 2.16 bits per heavy atom. The second-order valence-electron chi connectivity index (χ2n) is 6.42. The molecule has 3 aromatic carbocycles. The minimum Gasteiger partial charge on any atom is -0.366 e. The van der Waals surface area contributed by atoms with Crippen LogP contribution in [0.25, 0.3) is 0 Å². The van der Waals surface area contributed by atoms with Crippen LogP contribution in [0, 0.1) is 0 Å². The van der Waals surface area contributed by atoms with E-state index in [1.54, 1.807) is 6.07 Å². The summed E-state index contributed by atoms with van der Waals surface area (Å²) in [5.74, 6) is -0.518. The summed E-state index contributed by atoms with van der Waals surface area (Å²) in [7, 11) is 0. The molecule has 4 rings (SSSR count). The SMILES string of the molecule is O=C1NC(O)(C(Cc2ccccc2)c2ccccc2)c2ccccc21. The van der Waals surface area contributed by atoms with Crippen LogP contribution in [0.15, 0.2) is 84.9 Å². The van der Waals surface area contributed by atoms with Crippen LogP contribution in [0.2, 0.25) is 0 Å². The zero-order valence-electron chi connectivity index (χ0n) is 13.7. The van der Waals surface area contributed by atoms with Crippen molar-refractivity contribution in [1.82, 2.24) is 5.32 Å². The Hall–Kier alpha value is -2.91. The lowest BCUT2D eigenvalue weighted by molar-refractivity contribution is -0.0129. The zero-order valence-corrected chi connectivity index (χ0v) is 13.7. The smallest absolute Gasteiger partial charge is 0.254 e. The molecule has 124 valence electrons. The van der Waals surface area contributed by atoms with Gasteiger partial charge in [0.05, 0.1) is 0 Å². The van der Waals surface area contributed by atoms with Gasteiger partial charge in [-0.05, 0) is 23.6 Å². The Morgan fingerprint density at radius 1 is 0.840 bits per heavy atom. The molecular weight excluding hydrogens is 310 g/mol. The summed E-state index contributed by atoms with van der Waals surface area (Å²) < 4.78 is 0. The molecule has 0 bridgehead atoms. The Morgan fingerprint density at radius 2 is 1.44 bits per heavy atom. The number of carbonyl (C=O) groups is 1. The number of fused-ring (bicyclic) bond motifs is 1. The summed E-state index contributed by atoms with van der Waals surface area (Å²) in [6, 6.07) is 27.2. The molecule has 25 heavy (non-hydrogen) atoms. The van der Waals surface area contributed by atoms with E-state index in [4.69, 9.17) is 0 Å². The maximum Gasteiger partial charge on any atom is 0.254 e. The number of aliphatic hydroxyl groups is 1. The van der Waals surface area contributed by atoms with E-state index in [1.807, 2.05) is 78.9 Å². The van der Waals surface area contributed by atoms with Crippen molar-refractivity contribution in [3.8, 4) is 0 Å². The van der Waals surface area contributed by atoms with E-state index in [-0.39, 0.29) is 11.8 Å². The summed E-state index contributed by atoms with van der Waals surface area (Å²) in [5.41, 5.74) is 1.86. The highest BCUT2D eigenvalue weighted by molar-refractivity contribution is 5.99. The molecule has 0 spiro atoms. The summed E-state index contributed by atoms with van der Waals surface area (Å²) in [6.45, 7) is 0. The number of nitrogens with one attached hydrogen (secondary N) is 1. The van der Waals surface area contributed by atoms with Gasteiger partial charge in [-0.1, -0.05) is 78.9 Å². The van der Waals surface area contributed by atoms with Crippen molar-refractivity contribution in [2.24, 2.45) is 0 Å². The van der Waals surface area contributed by atoms with Crippen molar-refractivity contribution in [1.29, 1.82) is 0 Å². The second-order valence-corrected chi connectivity index (χ2v) is 6.42. The standard InChI is InChI=1S/C22H19NO2/c24-21-18-13-7-8-14-19(18)22(25,23-21)20(17-11-5-2-6-12-17)15-16-9-3-1-4-10-16/h1-14,20,25H,15H2,(H,23,24). The quantitative estimate of drug-likeness (QED) is 0.768. The lowest BCUT2D eigenvalue weighted by atomic mass is 9.80. The van der Waals surface area contributed by atoms with Gasteiger partial charge >= 0.3 is 0 Å². The molecule has 2 N–H and O–H groups in total. The zero-order chi connectivity index (χ0) is 17.3. The molecule has 1 aliphatic rings. The van der Waals surface area contributed by atoms with E-state index in [2.05, 4.69) is 5.32 Å². The Kier molecular flexibility index (Phi) is 3.86. The summed E-state index contributed by atoms with van der Waals surface area (Å²) >= 11 is 0. The molecule has 0 aliphatic carbocycles. The fraction of sp³-hybridized carbons (Fsp3) is 0.136. The molecule has 0 saturated carbocycles. The van der Waals surface area contributed by atoms with Gasteiger partial charge in [0.15, 0.2) is 5.72 Å². The third kappa shape index (κ3) is 2.73. The number of benzene rings is 3. The van der Waals surface area contributed by atoms with Crippen LogP contribution in [0.1, 0.15) is 33.0 Å². The van der Waals surface area contributed by atoms with Gasteiger partial charge in [0, 0.05) is 17.0 Å². The Labute approximate surface area is 147 Å². The first-order chi connectivity index (χ1) is 12.2. The van der Waals surface area contributed by atoms with Crippen molar-refractivity contribution in [3.63, 3.8) is 0 Å². The largest absolute Gasteiger partial charge is 0.366 e. The van der Waals surface area contributed by atoms with Crippen molar-refractivity contribution in [3.05, 3.63) is 107 Å². The van der Waals surface area contributed by atoms with Crippen LogP contribution in [-0.4, -0.2) is 11.0 Å². The molecule has 3 heteroatoms. The first-order valence-electron chi connectivity index (χ1n) is 8.42. The van der Waals surface area contributed by atoms with Crippen LogP contribution < -0.4 is 5.32 Å². The molecule has 1 heterocycles. The predicted molar refractivity (Wildman–Crippen MR) is 97.1 cm³/mol. The lowest BCUT2D eigenvalue weighted by Gasteiger charge is -2.34. The van der Waals surface area contributed by atoms with E-state index in [1.165, 1.54) is 0 Å². The molecule has 0 radical (unpaired) electrons. The number of amides is 1. The van der Waals surface area contributed by atoms with Crippen LogP contribution in [0.3, 0.4) is 0 Å². The Balaban J connectivity index is 1.83. The fourth-order valence-corrected chi connectivity index (χ4v) is 3.64. The molecule has 0 aromatic heterocycles. The van der Waals surface area contributed by atoms with E-state index in [0.717, 1.165) is 11.1 Å². The van der Waals surface area contributed by atoms with E-state index < -0.39 is 5.72 Å². The molecule has 3 nitrogen and oxygen atoms in total. The highest BCUT2D eigenvalue weighted by Gasteiger charge is 2.47. The Bertz CT molecular complexity index is 892. The molecule has 1 aliphatic heterocycles. The van der Waals surface area contributed by atoms with Gasteiger partial charge in [-0.2, -0.15) is 0 Å². The normalized spacial score (nSPS) is 20.0. The number of carbonyl (C=O) groups excluding carboxylic acids is 1. The fourth-order valence-electron chi connectivity index (χ4n) is 3.64. The van der Waals surface area contributed by atoms with Crippen LogP contribution in [0.4, 0.5) is 0 Å². The number of hydrogen-bond acceptors (Lipinski definition) is 2. The van der Waals surface area contributed by atoms with Crippen LogP contribution in [-0.2, 0) is 12.1 Å². The van der Waals surface area contributed by atoms with Gasteiger partial charge < -0.3 is 10.4 Å². The lowest BCUT2D eigenvalue weighted by Crippen LogP contribution is -2.45. The molecule has 1 amide bonds. The summed E-state index contributed by atoms with van der Waals surface area (Å²) in [4.78, 5) is 12.4. The third-order valence-electron chi connectivity index (χ3n) is 4.88. The minimum absolute atomic E-state index is 0.230. The minimum atomic E-state index is -1.43. The molecule has 0 fully saturated rings. The average molecular weight is 329 g/mol. The van der Waals surface area contributed by atoms with Crippen molar-refractivity contribution >= 4 is 5.91 Å². The average Bonchev–Trinajstić information content (AvgIpc) is 2.93. The van der Waals surface area contributed by atoms with Crippen LogP contribution in [0.5, 0.6) is 0 Å². The number of rotatable bonds is 4. The van der Waals surface area contributed by atoms with Crippen LogP contribution >= 0.6 is 0 Å². The summed E-state index contributed by atoms with van der Waals surface area (Å²) in [5, 5.41) is 14.4. The second kappa shape index (κ2) is 6.19. The topological polar surface area (TPSA) is 49.3 Å². The molecule has 0 saturated heterocycles. The number of hydrogen-bond donors (Lipinski definition) is 2. The third-order valence-corrected chi connectivity index (χ3v) is 4.88. The van der Waals surface area contributed by atoms with E-state index in [0.29, 0.717) is 17.5 Å². The first-order valence-corrected chi connectivity index (χ1v) is 8.42. The van der Waals surface area contributed by atoms with Gasteiger partial charge in [-0.15, -0.1) is 0 Å². The van der Waals surface area contributed by atoms with Crippen molar-refractivity contribution < 1.29 is 9.90 Å². The maximum absolute atomic E-state index is 12.4. The van der Waals surface area contributed by atoms with Crippen molar-refractivity contribution in [2.75, 3.05) is 0 Å². The summed E-state index contributed by atoms with van der Waals surface area (Å²) in [6.07, 6.45) is 0.621. The predicted octanol–water partition coefficient (Wildman–Crippen LogP) is 3.60. The molecule has 2 unspecified atom stereocenters. The highest BCUT2D eigenvalue weighted by Crippen LogP contribution is 2.42. The maximum atomic E-state index is 12.4. The van der Waals surface area contributed by atoms with Gasteiger partial charge in [0.1, 0.15) is 0 Å². The van der Waals surface area contributed by atoms with Gasteiger partial charge in [0.25, 0.3) is 5.91 Å². The molecule has 2 atom stereocenters. The van der Waals surface area contributed by atoms with Gasteiger partial charge in [-0.3, -0.25) is 4.79 Å².